The van der Waals surface area contributed by atoms with Crippen molar-refractivity contribution < 1.29 is 53.8 Å². The van der Waals surface area contributed by atoms with Crippen molar-refractivity contribution in [3.8, 4) is 0 Å². The van der Waals surface area contributed by atoms with Gasteiger partial charge in [0, 0.05) is 12.8 Å². The van der Waals surface area contributed by atoms with E-state index in [0.717, 1.165) is 38.5 Å². The van der Waals surface area contributed by atoms with Gasteiger partial charge in [0.05, 0.1) is 6.61 Å². The number of ether oxygens (including phenoxy) is 4. The van der Waals surface area contributed by atoms with E-state index in [2.05, 4.69) is 13.8 Å². The van der Waals surface area contributed by atoms with Gasteiger partial charge in [-0.05, 0) is 12.8 Å². The fourth-order valence-corrected chi connectivity index (χ4v) is 7.12. The third-order valence-corrected chi connectivity index (χ3v) is 10.7. The molecule has 4 N–H and O–H groups in total. The lowest BCUT2D eigenvalue weighted by atomic mass is 9.99. The number of carboxylic acids is 1. The average molecular weight is 787 g/mol. The van der Waals surface area contributed by atoms with Crippen molar-refractivity contribution >= 4 is 17.9 Å². The maximum atomic E-state index is 12.7. The van der Waals surface area contributed by atoms with Gasteiger partial charge in [-0.3, -0.25) is 9.59 Å². The number of hydrogen-bond acceptors (Lipinski definition) is 10. The first kappa shape index (κ1) is 51.2. The van der Waals surface area contributed by atoms with Gasteiger partial charge in [0.15, 0.2) is 18.5 Å². The molecular formula is C44H82O11. The summed E-state index contributed by atoms with van der Waals surface area (Å²) in [5.41, 5.74) is 0. The van der Waals surface area contributed by atoms with Crippen LogP contribution in [0.25, 0.3) is 0 Å². The summed E-state index contributed by atoms with van der Waals surface area (Å²) >= 11 is 0. The van der Waals surface area contributed by atoms with Gasteiger partial charge in [0.2, 0.25) is 0 Å². The molecule has 0 aromatic carbocycles. The van der Waals surface area contributed by atoms with E-state index in [9.17, 15) is 34.8 Å². The first-order valence-corrected chi connectivity index (χ1v) is 22.6. The molecule has 1 rings (SSSR count). The summed E-state index contributed by atoms with van der Waals surface area (Å²) in [6, 6.07) is 0. The number of esters is 2. The molecule has 0 amide bonds. The minimum absolute atomic E-state index is 0.190. The molecule has 0 bridgehead atoms. The summed E-state index contributed by atoms with van der Waals surface area (Å²) in [7, 11) is 0. The van der Waals surface area contributed by atoms with Crippen LogP contribution >= 0.6 is 0 Å². The topological polar surface area (TPSA) is 169 Å². The van der Waals surface area contributed by atoms with Crippen LogP contribution in [0.3, 0.4) is 0 Å². The third kappa shape index (κ3) is 27.5. The number of aliphatic hydroxyl groups excluding tert-OH is 3. The Kier molecular flexibility index (Phi) is 33.0. The number of aliphatic carboxylic acids is 1. The lowest BCUT2D eigenvalue weighted by Gasteiger charge is -2.38. The molecule has 0 aliphatic carbocycles. The Morgan fingerprint density at radius 2 is 0.855 bits per heavy atom. The highest BCUT2D eigenvalue weighted by Gasteiger charge is 2.47. The van der Waals surface area contributed by atoms with Gasteiger partial charge in [0.25, 0.3) is 0 Å². The van der Waals surface area contributed by atoms with E-state index in [1.807, 2.05) is 0 Å². The zero-order chi connectivity index (χ0) is 40.4. The Labute approximate surface area is 334 Å². The minimum Gasteiger partial charge on any atom is -0.479 e. The largest absolute Gasteiger partial charge is 0.479 e. The smallest absolute Gasteiger partial charge is 0.335 e. The van der Waals surface area contributed by atoms with Crippen LogP contribution in [-0.4, -0.2) is 88.4 Å². The van der Waals surface area contributed by atoms with Crippen molar-refractivity contribution in [2.75, 3.05) is 13.2 Å². The van der Waals surface area contributed by atoms with E-state index in [4.69, 9.17) is 18.9 Å². The summed E-state index contributed by atoms with van der Waals surface area (Å²) < 4.78 is 21.7. The van der Waals surface area contributed by atoms with Crippen LogP contribution in [0.2, 0.25) is 0 Å². The molecule has 1 heterocycles. The van der Waals surface area contributed by atoms with Gasteiger partial charge in [-0.25, -0.2) is 4.79 Å². The Balaban J connectivity index is 2.35. The molecule has 11 heteroatoms. The van der Waals surface area contributed by atoms with Gasteiger partial charge in [0.1, 0.15) is 24.9 Å². The maximum absolute atomic E-state index is 12.7. The predicted octanol–water partition coefficient (Wildman–Crippen LogP) is 9.48. The Morgan fingerprint density at radius 3 is 1.24 bits per heavy atom. The second-order valence-electron chi connectivity index (χ2n) is 15.9. The normalized spacial score (nSPS) is 20.3. The molecule has 6 atom stereocenters. The van der Waals surface area contributed by atoms with Crippen molar-refractivity contribution in [1.29, 1.82) is 0 Å². The van der Waals surface area contributed by atoms with Crippen molar-refractivity contribution in [2.45, 2.75) is 250 Å². The van der Waals surface area contributed by atoms with Crippen LogP contribution in [0, 0.1) is 0 Å². The molecule has 0 saturated carbocycles. The first-order valence-electron chi connectivity index (χ1n) is 22.6. The zero-order valence-electron chi connectivity index (χ0n) is 34.9. The Hall–Kier alpha value is -1.79. The summed E-state index contributed by atoms with van der Waals surface area (Å²) in [4.78, 5) is 36.8. The van der Waals surface area contributed by atoms with E-state index in [1.54, 1.807) is 0 Å². The molecule has 11 nitrogen and oxygen atoms in total. The monoisotopic (exact) mass is 787 g/mol. The van der Waals surface area contributed by atoms with Gasteiger partial charge in [-0.2, -0.15) is 0 Å². The van der Waals surface area contributed by atoms with Gasteiger partial charge >= 0.3 is 17.9 Å². The minimum atomic E-state index is -1.85. The van der Waals surface area contributed by atoms with Crippen LogP contribution < -0.4 is 0 Å². The second-order valence-corrected chi connectivity index (χ2v) is 15.9. The van der Waals surface area contributed by atoms with E-state index < -0.39 is 54.7 Å². The third-order valence-electron chi connectivity index (χ3n) is 10.7. The number of rotatable bonds is 38. The molecule has 1 saturated heterocycles. The highest BCUT2D eigenvalue weighted by molar-refractivity contribution is 5.73. The van der Waals surface area contributed by atoms with Crippen molar-refractivity contribution in [2.24, 2.45) is 0 Å². The van der Waals surface area contributed by atoms with Crippen molar-refractivity contribution in [3.63, 3.8) is 0 Å². The van der Waals surface area contributed by atoms with Crippen molar-refractivity contribution in [1.82, 2.24) is 0 Å². The summed E-state index contributed by atoms with van der Waals surface area (Å²) in [5.74, 6) is -2.42. The van der Waals surface area contributed by atoms with Crippen LogP contribution in [0.15, 0.2) is 0 Å². The molecular weight excluding hydrogens is 704 g/mol. The highest BCUT2D eigenvalue weighted by Crippen LogP contribution is 2.23. The molecule has 324 valence electrons. The zero-order valence-corrected chi connectivity index (χ0v) is 34.9. The fraction of sp³-hybridized carbons (Fsp3) is 0.932. The van der Waals surface area contributed by atoms with E-state index in [-0.39, 0.29) is 26.1 Å². The summed E-state index contributed by atoms with van der Waals surface area (Å²) in [5, 5.41) is 39.8. The molecule has 1 aliphatic rings. The summed E-state index contributed by atoms with van der Waals surface area (Å²) in [6.45, 7) is 3.83. The number of hydrogen-bond donors (Lipinski definition) is 4. The van der Waals surface area contributed by atoms with E-state index >= 15 is 0 Å². The van der Waals surface area contributed by atoms with Gasteiger partial charge in [-0.1, -0.05) is 187 Å². The number of aliphatic hydroxyl groups is 3. The van der Waals surface area contributed by atoms with E-state index in [0.29, 0.717) is 12.8 Å². The van der Waals surface area contributed by atoms with Crippen LogP contribution in [0.1, 0.15) is 213 Å². The second kappa shape index (κ2) is 35.4. The molecule has 55 heavy (non-hydrogen) atoms. The number of carbonyl (C=O) groups is 3. The maximum Gasteiger partial charge on any atom is 0.335 e. The SMILES string of the molecule is CCCCCCCCCCCCCCCCCCC(=O)OCC(COC1OC(C(=O)O)C(O)C(O)C1O)OC(=O)CCCCCCCCCCCCCCC. The molecule has 1 fully saturated rings. The van der Waals surface area contributed by atoms with E-state index in [1.165, 1.54) is 135 Å². The first-order chi connectivity index (χ1) is 26.7. The van der Waals surface area contributed by atoms with Crippen molar-refractivity contribution in [3.05, 3.63) is 0 Å². The molecule has 0 spiro atoms. The standard InChI is InChI=1S/C44H82O11/c1-3-5-7-9-11-13-15-17-18-19-21-22-24-26-28-30-32-37(45)52-34-36(35-53-44-41(49)39(47)40(48)42(55-44)43(50)51)54-38(46)33-31-29-27-25-23-20-16-14-12-10-8-6-4-2/h36,39-42,44,47-49H,3-35H2,1-2H3,(H,50,51). The fourth-order valence-electron chi connectivity index (χ4n) is 7.12. The molecule has 1 aliphatic heterocycles. The molecule has 0 aromatic heterocycles. The number of carbonyl (C=O) groups excluding carboxylic acids is 2. The molecule has 0 aromatic rings. The summed E-state index contributed by atoms with van der Waals surface area (Å²) in [6.07, 6.45) is 25.8. The lowest BCUT2D eigenvalue weighted by Crippen LogP contribution is -2.60. The van der Waals surface area contributed by atoms with Gasteiger partial charge in [-0.15, -0.1) is 0 Å². The number of unbranched alkanes of at least 4 members (excludes halogenated alkanes) is 27. The van der Waals surface area contributed by atoms with Gasteiger partial charge < -0.3 is 39.4 Å². The van der Waals surface area contributed by atoms with Crippen LogP contribution in [0.4, 0.5) is 0 Å². The van der Waals surface area contributed by atoms with Crippen LogP contribution in [-0.2, 0) is 33.3 Å². The lowest BCUT2D eigenvalue weighted by molar-refractivity contribution is -0.298. The predicted molar refractivity (Wildman–Crippen MR) is 216 cm³/mol. The highest BCUT2D eigenvalue weighted by atomic mass is 16.7. The quantitative estimate of drug-likeness (QED) is 0.0347. The van der Waals surface area contributed by atoms with Crippen LogP contribution in [0.5, 0.6) is 0 Å². The Bertz CT molecular complexity index is 931. The Morgan fingerprint density at radius 1 is 0.491 bits per heavy atom. The molecule has 0 radical (unpaired) electrons. The number of carboxylic acid groups (broad SMARTS) is 1. The molecule has 6 unspecified atom stereocenters. The average Bonchev–Trinajstić information content (AvgIpc) is 3.17.